The molecule has 0 spiro atoms. The van der Waals surface area contributed by atoms with Crippen LogP contribution >= 0.6 is 0 Å². The molecule has 1 aliphatic rings. The first-order chi connectivity index (χ1) is 3.93. The second-order valence-corrected chi connectivity index (χ2v) is 1.78. The van der Waals surface area contributed by atoms with E-state index in [1.165, 1.54) is 0 Å². The minimum Gasteiger partial charge on any atom is -0.330 e. The standard InChI is InChI=1S/C6H10N2.H2/c7-4-3-6-2-1-5-8-6;/h2,5H,1,3-4,7H2;1H. The topological polar surface area (TPSA) is 38.4 Å². The minimum absolute atomic E-state index is 0. The molecule has 0 saturated heterocycles. The lowest BCUT2D eigenvalue weighted by Crippen LogP contribution is -1.97. The summed E-state index contributed by atoms with van der Waals surface area (Å²) in [5, 5.41) is 0. The number of hydrogen-bond donors (Lipinski definition) is 1. The van der Waals surface area contributed by atoms with Gasteiger partial charge in [0.25, 0.3) is 0 Å². The minimum atomic E-state index is 0. The summed E-state index contributed by atoms with van der Waals surface area (Å²) < 4.78 is 0. The van der Waals surface area contributed by atoms with Crippen LogP contribution in [0.3, 0.4) is 0 Å². The van der Waals surface area contributed by atoms with Crippen LogP contribution in [0, 0.1) is 0 Å². The first kappa shape index (κ1) is 5.51. The molecule has 0 radical (unpaired) electrons. The van der Waals surface area contributed by atoms with E-state index in [1.54, 1.807) is 0 Å². The predicted molar refractivity (Wildman–Crippen MR) is 37.0 cm³/mol. The largest absolute Gasteiger partial charge is 0.330 e. The van der Waals surface area contributed by atoms with E-state index in [4.69, 9.17) is 5.73 Å². The molecule has 0 aromatic heterocycles. The van der Waals surface area contributed by atoms with Crippen LogP contribution in [0.4, 0.5) is 0 Å². The molecule has 8 heavy (non-hydrogen) atoms. The van der Waals surface area contributed by atoms with Crippen LogP contribution in [0.5, 0.6) is 0 Å². The van der Waals surface area contributed by atoms with Crippen LogP contribution in [-0.4, -0.2) is 12.8 Å². The highest BCUT2D eigenvalue weighted by Gasteiger charge is 1.94. The van der Waals surface area contributed by atoms with Gasteiger partial charge in [0.2, 0.25) is 0 Å². The molecule has 0 fully saturated rings. The second kappa shape index (κ2) is 2.62. The van der Waals surface area contributed by atoms with Crippen molar-refractivity contribution in [2.75, 3.05) is 6.54 Å². The van der Waals surface area contributed by atoms with E-state index >= 15 is 0 Å². The van der Waals surface area contributed by atoms with Crippen molar-refractivity contribution in [1.29, 1.82) is 0 Å². The van der Waals surface area contributed by atoms with Crippen molar-refractivity contribution >= 4 is 6.21 Å². The molecule has 2 nitrogen and oxygen atoms in total. The summed E-state index contributed by atoms with van der Waals surface area (Å²) in [5.74, 6) is 0. The number of allylic oxidation sites excluding steroid dienone is 1. The van der Waals surface area contributed by atoms with E-state index < -0.39 is 0 Å². The van der Waals surface area contributed by atoms with Crippen LogP contribution in [0.2, 0.25) is 0 Å². The SMILES string of the molecule is NCCC1=CCC=N1.[HH]. The van der Waals surface area contributed by atoms with Gasteiger partial charge in [-0.15, -0.1) is 0 Å². The average molecular weight is 112 g/mol. The lowest BCUT2D eigenvalue weighted by Gasteiger charge is -1.89. The van der Waals surface area contributed by atoms with Gasteiger partial charge >= 0.3 is 0 Å². The number of rotatable bonds is 2. The van der Waals surface area contributed by atoms with Crippen LogP contribution in [0.15, 0.2) is 16.8 Å². The molecule has 0 aromatic rings. The summed E-state index contributed by atoms with van der Waals surface area (Å²) in [6.07, 6.45) is 5.93. The highest BCUT2D eigenvalue weighted by Crippen LogP contribution is 2.07. The zero-order valence-corrected chi connectivity index (χ0v) is 4.80. The van der Waals surface area contributed by atoms with Gasteiger partial charge in [0.05, 0.1) is 0 Å². The van der Waals surface area contributed by atoms with Crippen molar-refractivity contribution in [2.45, 2.75) is 12.8 Å². The van der Waals surface area contributed by atoms with Crippen molar-refractivity contribution in [2.24, 2.45) is 10.7 Å². The Labute approximate surface area is 50.6 Å². The Morgan fingerprint density at radius 2 is 2.75 bits per heavy atom. The Morgan fingerprint density at radius 1 is 1.88 bits per heavy atom. The van der Waals surface area contributed by atoms with Crippen LogP contribution < -0.4 is 5.73 Å². The van der Waals surface area contributed by atoms with Gasteiger partial charge in [-0.1, -0.05) is 6.08 Å². The molecule has 0 unspecified atom stereocenters. The average Bonchev–Trinajstić information content (AvgIpc) is 2.19. The fourth-order valence-corrected chi connectivity index (χ4v) is 0.726. The van der Waals surface area contributed by atoms with Gasteiger partial charge in [0.15, 0.2) is 0 Å². The zero-order valence-electron chi connectivity index (χ0n) is 4.80. The summed E-state index contributed by atoms with van der Waals surface area (Å²) in [5.41, 5.74) is 6.44. The molecule has 0 bridgehead atoms. The maximum atomic E-state index is 5.29. The fourth-order valence-electron chi connectivity index (χ4n) is 0.726. The molecule has 1 aliphatic heterocycles. The predicted octanol–water partition coefficient (Wildman–Crippen LogP) is 0.940. The molecule has 46 valence electrons. The Balaban J connectivity index is 0.000000640. The first-order valence-electron chi connectivity index (χ1n) is 2.85. The first-order valence-corrected chi connectivity index (χ1v) is 2.85. The number of aliphatic imine (C=N–C) groups is 1. The zero-order chi connectivity index (χ0) is 5.82. The molecule has 0 saturated carbocycles. The van der Waals surface area contributed by atoms with Gasteiger partial charge in [0.1, 0.15) is 0 Å². The molecule has 2 N–H and O–H groups in total. The highest BCUT2D eigenvalue weighted by atomic mass is 14.8. The van der Waals surface area contributed by atoms with Crippen LogP contribution in [0.1, 0.15) is 14.3 Å². The third-order valence-corrected chi connectivity index (χ3v) is 1.12. The molecule has 0 aliphatic carbocycles. The maximum Gasteiger partial charge on any atom is 0.0376 e. The Kier molecular flexibility index (Phi) is 1.80. The van der Waals surface area contributed by atoms with Crippen molar-refractivity contribution in [1.82, 2.24) is 0 Å². The van der Waals surface area contributed by atoms with E-state index in [9.17, 15) is 0 Å². The van der Waals surface area contributed by atoms with E-state index in [0.29, 0.717) is 6.54 Å². The lowest BCUT2D eigenvalue weighted by atomic mass is 10.3. The summed E-state index contributed by atoms with van der Waals surface area (Å²) in [4.78, 5) is 4.08. The van der Waals surface area contributed by atoms with E-state index in [-0.39, 0.29) is 1.43 Å². The number of nitrogens with zero attached hydrogens (tertiary/aromatic N) is 1. The van der Waals surface area contributed by atoms with Crippen molar-refractivity contribution < 1.29 is 1.43 Å². The molecule has 1 heterocycles. The summed E-state index contributed by atoms with van der Waals surface area (Å²) in [6, 6.07) is 0. The Morgan fingerprint density at radius 3 is 3.25 bits per heavy atom. The van der Waals surface area contributed by atoms with Gasteiger partial charge in [-0.2, -0.15) is 0 Å². The number of hydrogen-bond acceptors (Lipinski definition) is 2. The van der Waals surface area contributed by atoms with Crippen molar-refractivity contribution in [3.8, 4) is 0 Å². The van der Waals surface area contributed by atoms with Gasteiger partial charge in [0, 0.05) is 26.2 Å². The van der Waals surface area contributed by atoms with Crippen molar-refractivity contribution in [3.05, 3.63) is 11.8 Å². The quantitative estimate of drug-likeness (QED) is 0.567. The third-order valence-electron chi connectivity index (χ3n) is 1.12. The molecular weight excluding hydrogens is 100 g/mol. The molecule has 1 rings (SSSR count). The molecule has 2 heteroatoms. The Bertz CT molecular complexity index is 129. The molecule has 0 atom stereocenters. The van der Waals surface area contributed by atoms with E-state index in [1.807, 2.05) is 6.21 Å². The van der Waals surface area contributed by atoms with Gasteiger partial charge in [-0.3, -0.25) is 4.99 Å². The monoisotopic (exact) mass is 112 g/mol. The normalized spacial score (nSPS) is 16.9. The molecule has 0 aromatic carbocycles. The summed E-state index contributed by atoms with van der Waals surface area (Å²) in [6.45, 7) is 0.711. The van der Waals surface area contributed by atoms with Gasteiger partial charge in [-0.05, 0) is 6.54 Å². The van der Waals surface area contributed by atoms with E-state index in [2.05, 4.69) is 11.1 Å². The highest BCUT2D eigenvalue weighted by molar-refractivity contribution is 5.64. The summed E-state index contributed by atoms with van der Waals surface area (Å²) >= 11 is 0. The smallest absolute Gasteiger partial charge is 0.0376 e. The van der Waals surface area contributed by atoms with Gasteiger partial charge in [-0.25, -0.2) is 0 Å². The lowest BCUT2D eigenvalue weighted by molar-refractivity contribution is 0.941. The molecular formula is C6H12N2. The van der Waals surface area contributed by atoms with E-state index in [0.717, 1.165) is 18.5 Å². The summed E-state index contributed by atoms with van der Waals surface area (Å²) in [7, 11) is 0. The fraction of sp³-hybridized carbons (Fsp3) is 0.500. The van der Waals surface area contributed by atoms with Crippen LogP contribution in [-0.2, 0) is 0 Å². The van der Waals surface area contributed by atoms with Crippen molar-refractivity contribution in [3.63, 3.8) is 0 Å². The third kappa shape index (κ3) is 1.17. The van der Waals surface area contributed by atoms with Crippen LogP contribution in [0.25, 0.3) is 0 Å². The maximum absolute atomic E-state index is 5.29. The molecule has 0 amide bonds. The Hall–Kier alpha value is -0.630. The number of nitrogens with two attached hydrogens (primary N) is 1. The van der Waals surface area contributed by atoms with Gasteiger partial charge < -0.3 is 5.73 Å². The second-order valence-electron chi connectivity index (χ2n) is 1.78.